The molecule has 4 atom stereocenters. The van der Waals surface area contributed by atoms with Crippen LogP contribution in [-0.4, -0.2) is 71.2 Å². The zero-order valence-electron chi connectivity index (χ0n) is 26.8. The fourth-order valence-corrected chi connectivity index (χ4v) is 6.99. The number of carbonyl (C=O) groups excluding carboxylic acids is 2. The molecule has 2 aliphatic rings. The normalized spacial score (nSPS) is 18.9. The van der Waals surface area contributed by atoms with Crippen LogP contribution in [0.25, 0.3) is 43.5 Å². The number of benzene rings is 1. The Labute approximate surface area is 284 Å². The summed E-state index contributed by atoms with van der Waals surface area (Å²) in [4.78, 5) is 45.2. The van der Waals surface area contributed by atoms with Gasteiger partial charge in [0.15, 0.2) is 0 Å². The number of hydrogen-bond acceptors (Lipinski definition) is 10. The van der Waals surface area contributed by atoms with Gasteiger partial charge in [0.25, 0.3) is 0 Å². The second-order valence-electron chi connectivity index (χ2n) is 12.2. The third kappa shape index (κ3) is 6.24. The van der Waals surface area contributed by atoms with Gasteiger partial charge in [-0.1, -0.05) is 23.7 Å². The summed E-state index contributed by atoms with van der Waals surface area (Å²) in [6.07, 6.45) is 4.15. The molecule has 5 aromatic heterocycles. The van der Waals surface area contributed by atoms with Gasteiger partial charge in [-0.15, -0.1) is 11.3 Å². The van der Waals surface area contributed by atoms with Crippen LogP contribution in [-0.2, 0) is 23.7 Å². The Balaban J connectivity index is 0.000000161. The van der Waals surface area contributed by atoms with Crippen molar-refractivity contribution in [1.82, 2.24) is 44.7 Å². The molecule has 48 heavy (non-hydrogen) atoms. The second-order valence-corrected chi connectivity index (χ2v) is 13.5. The molecule has 1 aromatic carbocycles. The van der Waals surface area contributed by atoms with Crippen molar-refractivity contribution in [2.24, 2.45) is 25.9 Å². The summed E-state index contributed by atoms with van der Waals surface area (Å²) in [6, 6.07) is 9.76. The number of imidazole rings is 2. The number of halogens is 1. The highest BCUT2D eigenvalue weighted by Gasteiger charge is 2.30. The third-order valence-corrected chi connectivity index (χ3v) is 9.86. The number of fused-ring (bicyclic) bond motifs is 3. The van der Waals surface area contributed by atoms with Crippen molar-refractivity contribution in [3.63, 3.8) is 0 Å². The van der Waals surface area contributed by atoms with Crippen molar-refractivity contribution in [3.05, 3.63) is 53.7 Å². The molecule has 8 rings (SSSR count). The largest absolute Gasteiger partial charge is 0.473 e. The molecule has 0 unspecified atom stereocenters. The number of nitrogens with zero attached hydrogens (tertiary/aromatic N) is 7. The standard InChI is InChI=1S/C20H19N5O2S.C13H15ClN4O2/c1-11(12-6-17(26)21-8-12)27-20-19-15(22-9-25(19)2)7-14(24-20)13-4-3-5-16-18(13)23-10-28-16;1-7(8-3-11(19)15-5-8)20-13-12-9(4-10(14)17-13)16-6-18(12)2/h3-5,7,9-12H,6,8H2,1-2H3,(H,21,26);4,6-8H,3,5H2,1-2H3,(H,15,19)/t11-,12-;7-,8-/m11/s1. The Kier molecular flexibility index (Phi) is 8.60. The molecule has 248 valence electrons. The molecule has 0 saturated carbocycles. The smallest absolute Gasteiger partial charge is 0.241 e. The Morgan fingerprint density at radius 1 is 0.854 bits per heavy atom. The van der Waals surface area contributed by atoms with Crippen molar-refractivity contribution in [2.75, 3.05) is 13.1 Å². The lowest BCUT2D eigenvalue weighted by Gasteiger charge is -2.20. The van der Waals surface area contributed by atoms with Gasteiger partial charge < -0.3 is 29.2 Å². The number of rotatable bonds is 7. The summed E-state index contributed by atoms with van der Waals surface area (Å²) in [7, 11) is 3.80. The predicted molar refractivity (Wildman–Crippen MR) is 183 cm³/mol. The molecule has 13 nitrogen and oxygen atoms in total. The molecule has 2 fully saturated rings. The van der Waals surface area contributed by atoms with Gasteiger partial charge in [0.2, 0.25) is 23.6 Å². The maximum atomic E-state index is 11.6. The summed E-state index contributed by atoms with van der Waals surface area (Å²) in [5.41, 5.74) is 7.73. The average molecular weight is 688 g/mol. The molecule has 2 N–H and O–H groups in total. The molecular formula is C33H34ClN9O4S. The van der Waals surface area contributed by atoms with Crippen molar-refractivity contribution >= 4 is 67.0 Å². The number of carbonyl (C=O) groups is 2. The highest BCUT2D eigenvalue weighted by molar-refractivity contribution is 7.16. The maximum Gasteiger partial charge on any atom is 0.241 e. The predicted octanol–water partition coefficient (Wildman–Crippen LogP) is 4.67. The van der Waals surface area contributed by atoms with Crippen molar-refractivity contribution in [3.8, 4) is 23.0 Å². The van der Waals surface area contributed by atoms with Crippen LogP contribution >= 0.6 is 22.9 Å². The number of para-hydroxylation sites is 1. The molecule has 7 heterocycles. The quantitative estimate of drug-likeness (QED) is 0.228. The van der Waals surface area contributed by atoms with Gasteiger partial charge in [-0.2, -0.15) is 4.98 Å². The van der Waals surface area contributed by atoms with Crippen molar-refractivity contribution in [1.29, 1.82) is 0 Å². The molecule has 0 radical (unpaired) electrons. The van der Waals surface area contributed by atoms with Crippen LogP contribution in [0.2, 0.25) is 5.15 Å². The number of amides is 2. The molecule has 0 bridgehead atoms. The first kappa shape index (κ1) is 31.8. The molecule has 2 aliphatic heterocycles. The topological polar surface area (TPSA) is 151 Å². The maximum absolute atomic E-state index is 11.6. The Bertz CT molecular complexity index is 2160. The molecular weight excluding hydrogens is 654 g/mol. The van der Waals surface area contributed by atoms with Gasteiger partial charge >= 0.3 is 0 Å². The van der Waals surface area contributed by atoms with Gasteiger partial charge in [0, 0.05) is 63.5 Å². The summed E-state index contributed by atoms with van der Waals surface area (Å²) < 4.78 is 17.1. The number of ether oxygens (including phenoxy) is 2. The van der Waals surface area contributed by atoms with Crippen LogP contribution in [0.4, 0.5) is 0 Å². The summed E-state index contributed by atoms with van der Waals surface area (Å²) in [6.45, 7) is 5.19. The van der Waals surface area contributed by atoms with Gasteiger partial charge in [0.05, 0.1) is 45.1 Å². The van der Waals surface area contributed by atoms with E-state index in [2.05, 4.69) is 36.6 Å². The van der Waals surface area contributed by atoms with E-state index >= 15 is 0 Å². The van der Waals surface area contributed by atoms with Crippen LogP contribution < -0.4 is 20.1 Å². The minimum Gasteiger partial charge on any atom is -0.473 e. The third-order valence-electron chi connectivity index (χ3n) is 8.87. The van der Waals surface area contributed by atoms with Gasteiger partial charge in [0.1, 0.15) is 28.4 Å². The van der Waals surface area contributed by atoms with Gasteiger partial charge in [-0.25, -0.2) is 19.9 Å². The molecule has 0 spiro atoms. The second kappa shape index (κ2) is 13.0. The molecule has 2 saturated heterocycles. The number of pyridine rings is 2. The highest BCUT2D eigenvalue weighted by atomic mass is 35.5. The highest BCUT2D eigenvalue weighted by Crippen LogP contribution is 2.34. The lowest BCUT2D eigenvalue weighted by Crippen LogP contribution is -2.26. The van der Waals surface area contributed by atoms with Crippen LogP contribution in [0.1, 0.15) is 26.7 Å². The zero-order valence-corrected chi connectivity index (χ0v) is 28.4. The first-order chi connectivity index (χ1) is 23.1. The van der Waals surface area contributed by atoms with Crippen LogP contribution in [0.3, 0.4) is 0 Å². The minimum atomic E-state index is -0.144. The number of aryl methyl sites for hydroxylation is 2. The summed E-state index contributed by atoms with van der Waals surface area (Å²) in [5.74, 6) is 1.40. The average Bonchev–Trinajstić information content (AvgIpc) is 3.90. The molecule has 6 aromatic rings. The lowest BCUT2D eigenvalue weighted by molar-refractivity contribution is -0.120. The zero-order chi connectivity index (χ0) is 33.5. The Morgan fingerprint density at radius 3 is 2.02 bits per heavy atom. The first-order valence-electron chi connectivity index (χ1n) is 15.6. The minimum absolute atomic E-state index is 0.0650. The van der Waals surface area contributed by atoms with Crippen LogP contribution in [0.5, 0.6) is 11.8 Å². The van der Waals surface area contributed by atoms with E-state index in [4.69, 9.17) is 26.1 Å². The van der Waals surface area contributed by atoms with Crippen LogP contribution in [0, 0.1) is 11.8 Å². The number of thiazole rings is 1. The Morgan fingerprint density at radius 2 is 1.44 bits per heavy atom. The fraction of sp³-hybridized carbons (Fsp3) is 0.364. The number of hydrogen-bond donors (Lipinski definition) is 2. The number of nitrogens with one attached hydrogen (secondary N) is 2. The van der Waals surface area contributed by atoms with E-state index < -0.39 is 0 Å². The van der Waals surface area contributed by atoms with E-state index in [1.165, 1.54) is 0 Å². The van der Waals surface area contributed by atoms with E-state index in [9.17, 15) is 9.59 Å². The lowest BCUT2D eigenvalue weighted by atomic mass is 10.0. The molecule has 0 aliphatic carbocycles. The summed E-state index contributed by atoms with van der Waals surface area (Å²) >= 11 is 7.60. The van der Waals surface area contributed by atoms with E-state index in [0.29, 0.717) is 42.8 Å². The van der Waals surface area contributed by atoms with Crippen molar-refractivity contribution < 1.29 is 19.1 Å². The van der Waals surface area contributed by atoms with E-state index in [0.717, 1.165) is 43.5 Å². The van der Waals surface area contributed by atoms with Crippen LogP contribution in [0.15, 0.2) is 48.5 Å². The van der Waals surface area contributed by atoms with Crippen molar-refractivity contribution in [2.45, 2.75) is 38.9 Å². The van der Waals surface area contributed by atoms with Gasteiger partial charge in [-0.05, 0) is 26.0 Å². The summed E-state index contributed by atoms with van der Waals surface area (Å²) in [5, 5.41) is 6.02. The number of aromatic nitrogens is 7. The Hall–Kier alpha value is -4.82. The van der Waals surface area contributed by atoms with E-state index in [-0.39, 0.29) is 35.9 Å². The molecule has 15 heteroatoms. The van der Waals surface area contributed by atoms with Gasteiger partial charge in [-0.3, -0.25) is 9.59 Å². The monoisotopic (exact) mass is 687 g/mol. The fourth-order valence-electron chi connectivity index (χ4n) is 6.11. The first-order valence-corrected chi connectivity index (χ1v) is 16.9. The van der Waals surface area contributed by atoms with E-state index in [1.54, 1.807) is 30.1 Å². The van der Waals surface area contributed by atoms with E-state index in [1.807, 2.05) is 60.8 Å². The molecule has 2 amide bonds. The SMILES string of the molecule is C[C@@H](Oc1nc(-c2cccc3scnc23)cc2ncn(C)c12)[C@H]1CNC(=O)C1.C[C@@H](Oc1nc(Cl)cc2ncn(C)c12)[C@H]1CNC(=O)C1.